The van der Waals surface area contributed by atoms with Crippen LogP contribution in [0.2, 0.25) is 0 Å². The monoisotopic (exact) mass is 348 g/mol. The molecule has 0 rings (SSSR count). The number of ether oxygens (including phenoxy) is 2. The Bertz CT molecular complexity index is 505. The normalized spacial score (nSPS) is 13.7. The van der Waals surface area contributed by atoms with E-state index in [1.807, 2.05) is 0 Å². The number of hydrogen-bond donors (Lipinski definition) is 1. The summed E-state index contributed by atoms with van der Waals surface area (Å²) in [5.41, 5.74) is 0. The van der Waals surface area contributed by atoms with Gasteiger partial charge in [-0.2, -0.15) is 34.8 Å². The molecule has 0 atom stereocenters. The van der Waals surface area contributed by atoms with Crippen LogP contribution in [0.3, 0.4) is 0 Å². The summed E-state index contributed by atoms with van der Waals surface area (Å²) >= 11 is 0. The Balaban J connectivity index is 6.07. The molecule has 0 radical (unpaired) electrons. The van der Waals surface area contributed by atoms with Crippen molar-refractivity contribution in [3.8, 4) is 0 Å². The fourth-order valence-electron chi connectivity index (χ4n) is 1.08. The molecule has 0 saturated carbocycles. The summed E-state index contributed by atoms with van der Waals surface area (Å²) in [6.45, 7) is -1.72. The highest BCUT2D eigenvalue weighted by molar-refractivity contribution is 7.88. The Morgan fingerprint density at radius 3 is 1.67 bits per heavy atom. The number of methoxy groups -OCH3 is 1. The lowest BCUT2D eigenvalue weighted by Gasteiger charge is -2.31. The molecule has 0 aliphatic rings. The molecule has 0 unspecified atom stereocenters. The van der Waals surface area contributed by atoms with E-state index >= 15 is 0 Å². The van der Waals surface area contributed by atoms with Crippen LogP contribution in [0.4, 0.5) is 26.3 Å². The van der Waals surface area contributed by atoms with Gasteiger partial charge in [-0.05, 0) is 0 Å². The summed E-state index contributed by atoms with van der Waals surface area (Å²) in [6, 6.07) is 0. The largest absolute Gasteiger partial charge is 0.466 e. The van der Waals surface area contributed by atoms with E-state index in [0.717, 1.165) is 0 Å². The Hall–Kier alpha value is -1.57. The second kappa shape index (κ2) is 5.67. The fourth-order valence-corrected chi connectivity index (χ4v) is 1.93. The Labute approximate surface area is 112 Å². The SMILES string of the molecule is COC(=O)COC(=O)C(C(F)(F)F)(C(F)(F)F)S(=O)(=O)O. The molecule has 0 heterocycles. The van der Waals surface area contributed by atoms with E-state index in [0.29, 0.717) is 7.11 Å². The van der Waals surface area contributed by atoms with Gasteiger partial charge in [-0.3, -0.25) is 4.55 Å². The predicted molar refractivity (Wildman–Crippen MR) is 49.4 cm³/mol. The third-order valence-electron chi connectivity index (χ3n) is 2.02. The Kier molecular flexibility index (Phi) is 5.24. The average molecular weight is 348 g/mol. The maximum absolute atomic E-state index is 12.5. The van der Waals surface area contributed by atoms with Crippen molar-refractivity contribution < 1.29 is 58.4 Å². The quantitative estimate of drug-likeness (QED) is 0.447. The van der Waals surface area contributed by atoms with Gasteiger partial charge >= 0.3 is 39.2 Å². The van der Waals surface area contributed by atoms with Gasteiger partial charge in [-0.15, -0.1) is 0 Å². The van der Waals surface area contributed by atoms with Crippen molar-refractivity contribution in [3.05, 3.63) is 0 Å². The van der Waals surface area contributed by atoms with Gasteiger partial charge in [-0.1, -0.05) is 0 Å². The van der Waals surface area contributed by atoms with Crippen molar-refractivity contribution in [3.63, 3.8) is 0 Å². The van der Waals surface area contributed by atoms with Crippen molar-refractivity contribution in [1.29, 1.82) is 0 Å². The number of carbonyl (C=O) groups is 2. The molecule has 0 aliphatic heterocycles. The maximum Gasteiger partial charge on any atom is 0.430 e. The second-order valence-corrected chi connectivity index (χ2v) is 4.87. The van der Waals surface area contributed by atoms with Crippen molar-refractivity contribution in [2.45, 2.75) is 17.1 Å². The van der Waals surface area contributed by atoms with E-state index in [1.54, 1.807) is 0 Å². The number of carbonyl (C=O) groups excluding carboxylic acids is 2. The van der Waals surface area contributed by atoms with Crippen molar-refractivity contribution in [2.24, 2.45) is 0 Å². The zero-order chi connectivity index (χ0) is 17.3. The molecule has 0 aromatic rings. The summed E-state index contributed by atoms with van der Waals surface area (Å²) in [4.78, 5) is 21.5. The second-order valence-electron chi connectivity index (χ2n) is 3.30. The van der Waals surface area contributed by atoms with Gasteiger partial charge in [-0.25, -0.2) is 9.59 Å². The van der Waals surface area contributed by atoms with Crippen LogP contribution < -0.4 is 0 Å². The van der Waals surface area contributed by atoms with Crippen LogP contribution in [0.5, 0.6) is 0 Å². The number of halogens is 6. The molecule has 7 nitrogen and oxygen atoms in total. The molecule has 0 spiro atoms. The summed E-state index contributed by atoms with van der Waals surface area (Å²) in [6.07, 6.45) is -13.6. The molecule has 1 N–H and O–H groups in total. The average Bonchev–Trinajstić information content (AvgIpc) is 2.19. The van der Waals surface area contributed by atoms with E-state index in [1.165, 1.54) is 0 Å². The van der Waals surface area contributed by atoms with Gasteiger partial charge < -0.3 is 9.47 Å². The van der Waals surface area contributed by atoms with Crippen LogP contribution in [0.15, 0.2) is 0 Å². The van der Waals surface area contributed by atoms with Crippen molar-refractivity contribution in [2.75, 3.05) is 13.7 Å². The van der Waals surface area contributed by atoms with Crippen LogP contribution in [-0.4, -0.2) is 55.7 Å². The first-order chi connectivity index (χ1) is 9.13. The number of esters is 2. The molecule has 14 heteroatoms. The minimum absolute atomic E-state index is 0.666. The Morgan fingerprint density at radius 1 is 1.05 bits per heavy atom. The highest BCUT2D eigenvalue weighted by Crippen LogP contribution is 2.49. The summed E-state index contributed by atoms with van der Waals surface area (Å²) in [7, 11) is -6.41. The van der Waals surface area contributed by atoms with Gasteiger partial charge in [0.1, 0.15) is 0 Å². The third kappa shape index (κ3) is 3.37. The molecule has 0 aromatic carbocycles. The number of hydrogen-bond acceptors (Lipinski definition) is 6. The zero-order valence-electron chi connectivity index (χ0n) is 9.78. The zero-order valence-corrected chi connectivity index (χ0v) is 10.6. The molecule has 0 amide bonds. The molecule has 124 valence electrons. The molecule has 0 saturated heterocycles. The van der Waals surface area contributed by atoms with Crippen LogP contribution in [-0.2, 0) is 29.2 Å². The smallest absolute Gasteiger partial charge is 0.430 e. The van der Waals surface area contributed by atoms with E-state index in [2.05, 4.69) is 9.47 Å². The summed E-state index contributed by atoms with van der Waals surface area (Å²) in [5.74, 6) is -4.99. The van der Waals surface area contributed by atoms with Gasteiger partial charge in [0.2, 0.25) is 0 Å². The third-order valence-corrected chi connectivity index (χ3v) is 3.43. The van der Waals surface area contributed by atoms with E-state index in [4.69, 9.17) is 4.55 Å². The van der Waals surface area contributed by atoms with E-state index in [9.17, 15) is 44.3 Å². The summed E-state index contributed by atoms with van der Waals surface area (Å²) in [5, 5.41) is 0. The van der Waals surface area contributed by atoms with Gasteiger partial charge in [0.25, 0.3) is 0 Å². The van der Waals surface area contributed by atoms with Crippen LogP contribution in [0.25, 0.3) is 0 Å². The standard InChI is InChI=1S/C7H6F6O7S/c1-19-3(14)2-20-4(15)5(6(8,9)10,7(11,12)13)21(16,17)18/h2H2,1H3,(H,16,17,18). The number of rotatable bonds is 4. The molecular weight excluding hydrogens is 342 g/mol. The predicted octanol–water partition coefficient (Wildman–Crippen LogP) is 0.454. The first-order valence-corrected chi connectivity index (χ1v) is 5.91. The van der Waals surface area contributed by atoms with Crippen molar-refractivity contribution >= 4 is 22.1 Å². The van der Waals surface area contributed by atoms with Crippen LogP contribution in [0, 0.1) is 0 Å². The fraction of sp³-hybridized carbons (Fsp3) is 0.714. The maximum atomic E-state index is 12.5. The Morgan fingerprint density at radius 2 is 1.43 bits per heavy atom. The molecule has 21 heavy (non-hydrogen) atoms. The first kappa shape index (κ1) is 19.4. The highest BCUT2D eigenvalue weighted by atomic mass is 32.2. The van der Waals surface area contributed by atoms with Gasteiger partial charge in [0, 0.05) is 0 Å². The minimum Gasteiger partial charge on any atom is -0.466 e. The topological polar surface area (TPSA) is 107 Å². The molecule has 0 aliphatic carbocycles. The molecule has 0 fully saturated rings. The van der Waals surface area contributed by atoms with Crippen molar-refractivity contribution in [1.82, 2.24) is 0 Å². The molecular formula is C7H6F6O7S. The minimum atomic E-state index is -7.07. The van der Waals surface area contributed by atoms with Gasteiger partial charge in [0.05, 0.1) is 7.11 Å². The van der Waals surface area contributed by atoms with Crippen LogP contribution >= 0.6 is 0 Å². The molecule has 0 aromatic heterocycles. The number of alkyl halides is 6. The lowest BCUT2D eigenvalue weighted by Crippen LogP contribution is -2.67. The molecule has 0 bridgehead atoms. The van der Waals surface area contributed by atoms with Crippen LogP contribution in [0.1, 0.15) is 0 Å². The summed E-state index contributed by atoms with van der Waals surface area (Å²) < 4.78 is 106. The van der Waals surface area contributed by atoms with E-state index in [-0.39, 0.29) is 0 Å². The van der Waals surface area contributed by atoms with Gasteiger partial charge in [0.15, 0.2) is 6.61 Å². The highest BCUT2D eigenvalue weighted by Gasteiger charge is 2.84. The van der Waals surface area contributed by atoms with E-state index < -0.39 is 45.8 Å². The lowest BCUT2D eigenvalue weighted by molar-refractivity contribution is -0.268. The lowest BCUT2D eigenvalue weighted by atomic mass is 10.1. The first-order valence-electron chi connectivity index (χ1n) is 4.47.